The molecule has 110 valence electrons. The SMILES string of the molecule is C.CC.CC1=NC(C)(C)C(C)(C)O1.CN=C(C)C. The minimum atomic E-state index is -0.142. The Hall–Kier alpha value is -0.860. The monoisotopic (exact) mass is 258 g/mol. The molecular weight excluding hydrogens is 224 g/mol. The number of nitrogens with zero attached hydrogens (tertiary/aromatic N) is 2. The van der Waals surface area contributed by atoms with Gasteiger partial charge >= 0.3 is 0 Å². The van der Waals surface area contributed by atoms with Crippen LogP contribution >= 0.6 is 0 Å². The summed E-state index contributed by atoms with van der Waals surface area (Å²) in [4.78, 5) is 8.17. The molecule has 1 rings (SSSR count). The lowest BCUT2D eigenvalue weighted by Crippen LogP contribution is -2.41. The third-order valence-corrected chi connectivity index (χ3v) is 2.76. The van der Waals surface area contributed by atoms with Gasteiger partial charge < -0.3 is 4.74 Å². The summed E-state index contributed by atoms with van der Waals surface area (Å²) in [6, 6.07) is 0. The van der Waals surface area contributed by atoms with Gasteiger partial charge in [-0.15, -0.1) is 0 Å². The predicted octanol–water partition coefficient (Wildman–Crippen LogP) is 4.75. The Morgan fingerprint density at radius 1 is 1.11 bits per heavy atom. The standard InChI is InChI=1S/C8H15NO.C4H9N.C2H6.CH4/c1-6-9-7(2,3)8(4,5)10-6;1-4(2)5-3;1-2;/h1-5H3;1-3H3;1-2H3;1H4. The first kappa shape index (κ1) is 22.3. The van der Waals surface area contributed by atoms with Crippen molar-refractivity contribution in [1.82, 2.24) is 0 Å². The Bertz CT molecular complexity index is 272. The number of hydrogen-bond acceptors (Lipinski definition) is 3. The first-order valence-electron chi connectivity index (χ1n) is 6.28. The highest BCUT2D eigenvalue weighted by Gasteiger charge is 2.43. The fourth-order valence-electron chi connectivity index (χ4n) is 1.05. The highest BCUT2D eigenvalue weighted by molar-refractivity contribution is 5.78. The number of hydrogen-bond donors (Lipinski definition) is 0. The van der Waals surface area contributed by atoms with Gasteiger partial charge in [-0.05, 0) is 41.5 Å². The van der Waals surface area contributed by atoms with E-state index in [4.69, 9.17) is 4.74 Å². The van der Waals surface area contributed by atoms with Gasteiger partial charge in [0.1, 0.15) is 5.60 Å². The van der Waals surface area contributed by atoms with Gasteiger partial charge in [0.25, 0.3) is 0 Å². The Balaban J connectivity index is -0.000000243. The van der Waals surface area contributed by atoms with E-state index in [0.29, 0.717) is 0 Å². The number of aliphatic imine (C=N–C) groups is 2. The van der Waals surface area contributed by atoms with E-state index in [9.17, 15) is 0 Å². The number of ether oxygens (including phenoxy) is 1. The molecule has 0 aromatic carbocycles. The molecule has 0 fully saturated rings. The molecule has 0 aliphatic carbocycles. The summed E-state index contributed by atoms with van der Waals surface area (Å²) in [5, 5.41) is 0. The van der Waals surface area contributed by atoms with Crippen molar-refractivity contribution in [2.75, 3.05) is 7.05 Å². The van der Waals surface area contributed by atoms with E-state index in [-0.39, 0.29) is 18.6 Å². The second kappa shape index (κ2) is 9.12. The van der Waals surface area contributed by atoms with Crippen LogP contribution in [0.4, 0.5) is 0 Å². The quantitative estimate of drug-likeness (QED) is 0.577. The molecule has 0 aromatic rings. The van der Waals surface area contributed by atoms with Crippen LogP contribution in [0.1, 0.15) is 69.7 Å². The highest BCUT2D eigenvalue weighted by Crippen LogP contribution is 2.34. The van der Waals surface area contributed by atoms with Crippen molar-refractivity contribution < 1.29 is 4.74 Å². The second-order valence-corrected chi connectivity index (χ2v) is 4.97. The van der Waals surface area contributed by atoms with E-state index in [0.717, 1.165) is 11.6 Å². The van der Waals surface area contributed by atoms with Gasteiger partial charge in [0, 0.05) is 19.7 Å². The van der Waals surface area contributed by atoms with E-state index in [1.54, 1.807) is 7.05 Å². The molecule has 0 spiro atoms. The summed E-state index contributed by atoms with van der Waals surface area (Å²) in [6.07, 6.45) is 0. The molecule has 0 saturated heterocycles. The van der Waals surface area contributed by atoms with Gasteiger partial charge in [0.2, 0.25) is 0 Å². The van der Waals surface area contributed by atoms with Gasteiger partial charge in [-0.3, -0.25) is 4.99 Å². The minimum Gasteiger partial charge on any atom is -0.473 e. The molecule has 0 radical (unpaired) electrons. The first-order chi connectivity index (χ1) is 7.62. The third-order valence-electron chi connectivity index (χ3n) is 2.76. The topological polar surface area (TPSA) is 34.0 Å². The van der Waals surface area contributed by atoms with E-state index in [1.165, 1.54) is 0 Å². The Morgan fingerprint density at radius 2 is 1.44 bits per heavy atom. The summed E-state index contributed by atoms with van der Waals surface area (Å²) >= 11 is 0. The van der Waals surface area contributed by atoms with Crippen LogP contribution in [-0.2, 0) is 4.74 Å². The van der Waals surface area contributed by atoms with Gasteiger partial charge in [-0.2, -0.15) is 0 Å². The van der Waals surface area contributed by atoms with Crippen molar-refractivity contribution in [3.8, 4) is 0 Å². The summed E-state index contributed by atoms with van der Waals surface area (Å²) in [6.45, 7) is 18.1. The maximum absolute atomic E-state index is 5.51. The fraction of sp³-hybridized carbons (Fsp3) is 0.867. The van der Waals surface area contributed by atoms with Crippen LogP contribution in [0.15, 0.2) is 9.98 Å². The van der Waals surface area contributed by atoms with Gasteiger partial charge in [-0.25, -0.2) is 4.99 Å². The molecule has 1 heterocycles. The van der Waals surface area contributed by atoms with Gasteiger partial charge in [-0.1, -0.05) is 21.3 Å². The molecule has 1 aliphatic heterocycles. The smallest absolute Gasteiger partial charge is 0.181 e. The largest absolute Gasteiger partial charge is 0.473 e. The molecule has 0 bridgehead atoms. The summed E-state index contributed by atoms with van der Waals surface area (Å²) in [7, 11) is 1.79. The zero-order valence-corrected chi connectivity index (χ0v) is 13.3. The average molecular weight is 258 g/mol. The zero-order valence-electron chi connectivity index (χ0n) is 13.3. The van der Waals surface area contributed by atoms with Crippen LogP contribution in [-0.4, -0.2) is 29.8 Å². The summed E-state index contributed by atoms with van der Waals surface area (Å²) < 4.78 is 5.51. The van der Waals surface area contributed by atoms with Crippen molar-refractivity contribution in [3.05, 3.63) is 0 Å². The fourth-order valence-corrected chi connectivity index (χ4v) is 1.05. The molecular formula is C15H34N2O. The Kier molecular flexibility index (Phi) is 11.3. The molecule has 0 unspecified atom stereocenters. The lowest BCUT2D eigenvalue weighted by molar-refractivity contribution is 0.0608. The normalized spacial score (nSPS) is 17.6. The molecule has 0 saturated carbocycles. The van der Waals surface area contributed by atoms with Crippen LogP contribution in [0.5, 0.6) is 0 Å². The van der Waals surface area contributed by atoms with Gasteiger partial charge in [0.05, 0.1) is 5.54 Å². The lowest BCUT2D eigenvalue weighted by atomic mass is 9.87. The van der Waals surface area contributed by atoms with Crippen LogP contribution in [0.2, 0.25) is 0 Å². The molecule has 18 heavy (non-hydrogen) atoms. The van der Waals surface area contributed by atoms with Crippen LogP contribution in [0.25, 0.3) is 0 Å². The molecule has 0 N–H and O–H groups in total. The Labute approximate surface area is 115 Å². The predicted molar refractivity (Wildman–Crippen MR) is 85.1 cm³/mol. The van der Waals surface area contributed by atoms with E-state index in [2.05, 4.69) is 37.7 Å². The first-order valence-corrected chi connectivity index (χ1v) is 6.28. The maximum atomic E-state index is 5.51. The van der Waals surface area contributed by atoms with E-state index >= 15 is 0 Å². The van der Waals surface area contributed by atoms with Crippen molar-refractivity contribution in [3.63, 3.8) is 0 Å². The third kappa shape index (κ3) is 7.46. The highest BCUT2D eigenvalue weighted by atomic mass is 16.5. The Morgan fingerprint density at radius 3 is 1.50 bits per heavy atom. The zero-order chi connectivity index (χ0) is 14.3. The molecule has 0 atom stereocenters. The molecule has 3 heteroatoms. The molecule has 1 aliphatic rings. The van der Waals surface area contributed by atoms with Crippen molar-refractivity contribution in [2.45, 2.75) is 80.9 Å². The van der Waals surface area contributed by atoms with Crippen LogP contribution < -0.4 is 0 Å². The summed E-state index contributed by atoms with van der Waals surface area (Å²) in [5.74, 6) is 0.801. The van der Waals surface area contributed by atoms with Crippen molar-refractivity contribution in [1.29, 1.82) is 0 Å². The molecule has 0 amide bonds. The lowest BCUT2D eigenvalue weighted by Gasteiger charge is -2.30. The van der Waals surface area contributed by atoms with Crippen LogP contribution in [0.3, 0.4) is 0 Å². The molecule has 3 nitrogen and oxygen atoms in total. The molecule has 0 aromatic heterocycles. The van der Waals surface area contributed by atoms with E-state index in [1.807, 2.05) is 34.6 Å². The number of rotatable bonds is 0. The summed E-state index contributed by atoms with van der Waals surface area (Å²) in [5.41, 5.74) is 0.916. The van der Waals surface area contributed by atoms with Crippen molar-refractivity contribution in [2.24, 2.45) is 9.98 Å². The average Bonchev–Trinajstić information content (AvgIpc) is 2.37. The van der Waals surface area contributed by atoms with Crippen molar-refractivity contribution >= 4 is 11.6 Å². The van der Waals surface area contributed by atoms with Crippen LogP contribution in [0, 0.1) is 0 Å². The van der Waals surface area contributed by atoms with E-state index < -0.39 is 0 Å². The minimum absolute atomic E-state index is 0. The van der Waals surface area contributed by atoms with Gasteiger partial charge in [0.15, 0.2) is 5.90 Å². The maximum Gasteiger partial charge on any atom is 0.181 e. The second-order valence-electron chi connectivity index (χ2n) is 4.97.